The standard InChI is InChI=1S/C26H28N8O2/c1-4-24(35)29-18-6-5-7-20(14-18)34-17-28-22-16-27-26(31-25(22)34)30-21-9-8-19(15-23(21)36-3)33-12-10-32(2)11-13-33/h4-9,14-17H,1,10-13H2,2-3H3,(H,29,35)(H,27,30,31). The van der Waals surface area contributed by atoms with Gasteiger partial charge in [-0.3, -0.25) is 9.36 Å². The fraction of sp³-hybridized carbons (Fsp3) is 0.231. The molecule has 10 heteroatoms. The fourth-order valence-corrected chi connectivity index (χ4v) is 4.15. The summed E-state index contributed by atoms with van der Waals surface area (Å²) in [6, 6.07) is 13.5. The van der Waals surface area contributed by atoms with Crippen LogP contribution in [0.25, 0.3) is 16.9 Å². The predicted molar refractivity (Wildman–Crippen MR) is 141 cm³/mol. The number of aromatic nitrogens is 4. The van der Waals surface area contributed by atoms with Gasteiger partial charge in [0.05, 0.1) is 24.7 Å². The molecule has 10 nitrogen and oxygen atoms in total. The molecule has 0 saturated carbocycles. The van der Waals surface area contributed by atoms with E-state index in [4.69, 9.17) is 9.72 Å². The van der Waals surface area contributed by atoms with Crippen molar-refractivity contribution in [1.29, 1.82) is 0 Å². The molecule has 0 aliphatic carbocycles. The first-order chi connectivity index (χ1) is 17.5. The van der Waals surface area contributed by atoms with Gasteiger partial charge in [-0.2, -0.15) is 4.98 Å². The van der Waals surface area contributed by atoms with E-state index in [2.05, 4.69) is 50.1 Å². The smallest absolute Gasteiger partial charge is 0.247 e. The number of nitrogens with one attached hydrogen (secondary N) is 2. The summed E-state index contributed by atoms with van der Waals surface area (Å²) in [5, 5.41) is 6.06. The molecule has 4 aromatic rings. The molecule has 0 bridgehead atoms. The lowest BCUT2D eigenvalue weighted by molar-refractivity contribution is -0.111. The topological polar surface area (TPSA) is 100 Å². The Morgan fingerprint density at radius 3 is 2.69 bits per heavy atom. The molecule has 3 heterocycles. The van der Waals surface area contributed by atoms with E-state index < -0.39 is 0 Å². The number of fused-ring (bicyclic) bond motifs is 1. The molecule has 2 aromatic carbocycles. The number of hydrogen-bond acceptors (Lipinski definition) is 8. The average Bonchev–Trinajstić information content (AvgIpc) is 3.33. The zero-order valence-electron chi connectivity index (χ0n) is 20.3. The number of likely N-dealkylation sites (N-methyl/N-ethyl adjacent to an activating group) is 1. The summed E-state index contributed by atoms with van der Waals surface area (Å²) in [7, 11) is 3.80. The van der Waals surface area contributed by atoms with Crippen molar-refractivity contribution < 1.29 is 9.53 Å². The van der Waals surface area contributed by atoms with Gasteiger partial charge < -0.3 is 25.2 Å². The third-order valence-corrected chi connectivity index (χ3v) is 6.17. The summed E-state index contributed by atoms with van der Waals surface area (Å²) in [4.78, 5) is 30.0. The molecule has 5 rings (SSSR count). The number of rotatable bonds is 7. The first kappa shape index (κ1) is 23.3. The SMILES string of the molecule is C=CC(=O)Nc1cccc(-n2cnc3cnc(Nc4ccc(N5CCN(C)CC5)cc4OC)nc32)c1. The second kappa shape index (κ2) is 10.0. The monoisotopic (exact) mass is 484 g/mol. The van der Waals surface area contributed by atoms with Gasteiger partial charge in [0.2, 0.25) is 11.9 Å². The van der Waals surface area contributed by atoms with Gasteiger partial charge in [-0.05, 0) is 43.5 Å². The second-order valence-electron chi connectivity index (χ2n) is 8.56. The Hall–Kier alpha value is -4.44. The van der Waals surface area contributed by atoms with E-state index in [1.807, 2.05) is 41.0 Å². The van der Waals surface area contributed by atoms with Crippen molar-refractivity contribution in [2.24, 2.45) is 0 Å². The zero-order chi connectivity index (χ0) is 25.1. The molecule has 1 amide bonds. The van der Waals surface area contributed by atoms with Crippen LogP contribution in [0.2, 0.25) is 0 Å². The Morgan fingerprint density at radius 2 is 1.92 bits per heavy atom. The molecule has 0 spiro atoms. The minimum atomic E-state index is -0.274. The predicted octanol–water partition coefficient (Wildman–Crippen LogP) is 3.44. The van der Waals surface area contributed by atoms with Crippen LogP contribution in [0.5, 0.6) is 5.75 Å². The Bertz CT molecular complexity index is 1410. The summed E-state index contributed by atoms with van der Waals surface area (Å²) >= 11 is 0. The molecular weight excluding hydrogens is 456 g/mol. The van der Waals surface area contributed by atoms with Crippen molar-refractivity contribution in [2.45, 2.75) is 0 Å². The number of piperazine rings is 1. The van der Waals surface area contributed by atoms with Crippen molar-refractivity contribution in [2.75, 3.05) is 55.9 Å². The van der Waals surface area contributed by atoms with Crippen LogP contribution < -0.4 is 20.3 Å². The number of imidazole rings is 1. The minimum Gasteiger partial charge on any atom is -0.494 e. The van der Waals surface area contributed by atoms with Crippen LogP contribution in [0.1, 0.15) is 0 Å². The highest BCUT2D eigenvalue weighted by molar-refractivity contribution is 5.99. The Morgan fingerprint density at radius 1 is 1.08 bits per heavy atom. The maximum atomic E-state index is 11.7. The molecule has 2 aromatic heterocycles. The van der Waals surface area contributed by atoms with Crippen molar-refractivity contribution in [1.82, 2.24) is 24.4 Å². The molecule has 36 heavy (non-hydrogen) atoms. The number of carbonyl (C=O) groups is 1. The van der Waals surface area contributed by atoms with E-state index in [0.29, 0.717) is 28.5 Å². The highest BCUT2D eigenvalue weighted by atomic mass is 16.5. The zero-order valence-corrected chi connectivity index (χ0v) is 20.3. The summed E-state index contributed by atoms with van der Waals surface area (Å²) in [6.45, 7) is 7.53. The maximum absolute atomic E-state index is 11.7. The normalized spacial score (nSPS) is 14.0. The summed E-state index contributed by atoms with van der Waals surface area (Å²) in [5.41, 5.74) is 4.64. The largest absolute Gasteiger partial charge is 0.494 e. The van der Waals surface area contributed by atoms with Crippen LogP contribution in [0.4, 0.5) is 23.0 Å². The first-order valence-electron chi connectivity index (χ1n) is 11.7. The average molecular weight is 485 g/mol. The highest BCUT2D eigenvalue weighted by Crippen LogP contribution is 2.32. The number of anilines is 4. The molecule has 0 unspecified atom stereocenters. The number of amides is 1. The van der Waals surface area contributed by atoms with Crippen molar-refractivity contribution >= 4 is 40.1 Å². The second-order valence-corrected chi connectivity index (χ2v) is 8.56. The van der Waals surface area contributed by atoms with E-state index in [0.717, 1.165) is 43.2 Å². The van der Waals surface area contributed by atoms with Crippen LogP contribution in [-0.2, 0) is 4.79 Å². The maximum Gasteiger partial charge on any atom is 0.247 e. The molecule has 184 valence electrons. The van der Waals surface area contributed by atoms with Gasteiger partial charge in [-0.1, -0.05) is 12.6 Å². The van der Waals surface area contributed by atoms with E-state index >= 15 is 0 Å². The van der Waals surface area contributed by atoms with E-state index in [9.17, 15) is 4.79 Å². The molecule has 0 radical (unpaired) electrons. The van der Waals surface area contributed by atoms with E-state index in [1.54, 1.807) is 19.6 Å². The van der Waals surface area contributed by atoms with Crippen molar-refractivity contribution in [3.05, 3.63) is 67.6 Å². The minimum absolute atomic E-state index is 0.274. The molecule has 1 aliphatic heterocycles. The summed E-state index contributed by atoms with van der Waals surface area (Å²) in [6.07, 6.45) is 4.59. The van der Waals surface area contributed by atoms with Gasteiger partial charge in [0, 0.05) is 43.6 Å². The number of carbonyl (C=O) groups excluding carboxylic acids is 1. The molecular formula is C26H28N8O2. The van der Waals surface area contributed by atoms with Crippen LogP contribution in [0, 0.1) is 0 Å². The quantitative estimate of drug-likeness (QED) is 0.385. The van der Waals surface area contributed by atoms with Gasteiger partial charge in [-0.15, -0.1) is 0 Å². The summed E-state index contributed by atoms with van der Waals surface area (Å²) in [5.74, 6) is 0.865. The molecule has 0 atom stereocenters. The molecule has 1 aliphatic rings. The number of nitrogens with zero attached hydrogens (tertiary/aromatic N) is 6. The van der Waals surface area contributed by atoms with Crippen LogP contribution in [0.3, 0.4) is 0 Å². The van der Waals surface area contributed by atoms with Crippen LogP contribution >= 0.6 is 0 Å². The van der Waals surface area contributed by atoms with Crippen LogP contribution in [0.15, 0.2) is 67.6 Å². The fourth-order valence-electron chi connectivity index (χ4n) is 4.15. The summed E-state index contributed by atoms with van der Waals surface area (Å²) < 4.78 is 7.52. The molecule has 2 N–H and O–H groups in total. The number of benzene rings is 2. The lowest BCUT2D eigenvalue weighted by Gasteiger charge is -2.34. The van der Waals surface area contributed by atoms with Gasteiger partial charge in [0.15, 0.2) is 5.65 Å². The Kier molecular flexibility index (Phi) is 6.50. The number of ether oxygens (including phenoxy) is 1. The lowest BCUT2D eigenvalue weighted by Crippen LogP contribution is -2.44. The number of methoxy groups -OCH3 is 1. The van der Waals surface area contributed by atoms with E-state index in [-0.39, 0.29) is 5.91 Å². The van der Waals surface area contributed by atoms with Crippen molar-refractivity contribution in [3.63, 3.8) is 0 Å². The van der Waals surface area contributed by atoms with Crippen molar-refractivity contribution in [3.8, 4) is 11.4 Å². The highest BCUT2D eigenvalue weighted by Gasteiger charge is 2.17. The van der Waals surface area contributed by atoms with Crippen LogP contribution in [-0.4, -0.2) is 70.7 Å². The third-order valence-electron chi connectivity index (χ3n) is 6.17. The number of hydrogen-bond donors (Lipinski definition) is 2. The Balaban J connectivity index is 1.41. The first-order valence-corrected chi connectivity index (χ1v) is 11.7. The van der Waals surface area contributed by atoms with Gasteiger partial charge >= 0.3 is 0 Å². The van der Waals surface area contributed by atoms with Gasteiger partial charge in [-0.25, -0.2) is 9.97 Å². The molecule has 1 fully saturated rings. The third kappa shape index (κ3) is 4.84. The Labute approximate surface area is 209 Å². The molecule has 1 saturated heterocycles. The lowest BCUT2D eigenvalue weighted by atomic mass is 10.2. The van der Waals surface area contributed by atoms with E-state index in [1.165, 1.54) is 6.08 Å². The van der Waals surface area contributed by atoms with Gasteiger partial charge in [0.1, 0.15) is 17.6 Å². The van der Waals surface area contributed by atoms with Gasteiger partial charge in [0.25, 0.3) is 0 Å².